The molecule has 4 N–H and O–H groups in total. The van der Waals surface area contributed by atoms with E-state index in [1.54, 1.807) is 18.3 Å². The fourth-order valence-electron chi connectivity index (χ4n) is 4.53. The topological polar surface area (TPSA) is 131 Å². The summed E-state index contributed by atoms with van der Waals surface area (Å²) in [5, 5.41) is 20.9. The number of amides is 1. The molecule has 1 saturated carbocycles. The molecule has 1 aliphatic carbocycles. The normalized spacial score (nSPS) is 21.8. The second-order valence-electron chi connectivity index (χ2n) is 8.75. The number of methoxy groups -OCH3 is 1. The summed E-state index contributed by atoms with van der Waals surface area (Å²) in [6.07, 6.45) is 3.11. The predicted molar refractivity (Wildman–Crippen MR) is 126 cm³/mol. The number of pyridine rings is 1. The summed E-state index contributed by atoms with van der Waals surface area (Å²) >= 11 is 0. The van der Waals surface area contributed by atoms with Gasteiger partial charge in [0.25, 0.3) is 11.8 Å². The first-order valence-electron chi connectivity index (χ1n) is 11.6. The standard InChI is InChI=1S/C24H27FN6O4/c1-34-21-7-3-13-2-5-17(25)16(22(13)31-21)11-27-18-6-4-14(8-19(18)32)26-9-15-10-28-24-23(29-15)30-20(33)12-35-24/h2-3,5,7,10,14,18-19,26-27,32H,4,6,8-9,11-12H2,1H3,(H,29,30,33)/t14-,18-,19+/m1/s1. The average Bonchev–Trinajstić information content (AvgIpc) is 2.87. The largest absolute Gasteiger partial charge is 0.481 e. The van der Waals surface area contributed by atoms with Gasteiger partial charge in [0.15, 0.2) is 12.4 Å². The van der Waals surface area contributed by atoms with Crippen LogP contribution in [-0.2, 0) is 17.9 Å². The molecule has 2 aliphatic rings. The number of benzene rings is 1. The zero-order valence-corrected chi connectivity index (χ0v) is 19.3. The second-order valence-corrected chi connectivity index (χ2v) is 8.75. The van der Waals surface area contributed by atoms with Crippen LogP contribution in [0.3, 0.4) is 0 Å². The Balaban J connectivity index is 1.16. The summed E-state index contributed by atoms with van der Waals surface area (Å²) in [5.41, 5.74) is 1.67. The number of aromatic nitrogens is 3. The summed E-state index contributed by atoms with van der Waals surface area (Å²) < 4.78 is 25.0. The molecule has 1 amide bonds. The summed E-state index contributed by atoms with van der Waals surface area (Å²) in [5.74, 6) is 0.454. The van der Waals surface area contributed by atoms with Crippen LogP contribution in [0.15, 0.2) is 30.5 Å². The Hall–Kier alpha value is -3.41. The van der Waals surface area contributed by atoms with Crippen LogP contribution in [0.25, 0.3) is 10.9 Å². The van der Waals surface area contributed by atoms with Gasteiger partial charge < -0.3 is 30.5 Å². The van der Waals surface area contributed by atoms with Gasteiger partial charge in [-0.15, -0.1) is 0 Å². The zero-order chi connectivity index (χ0) is 24.4. The number of nitrogens with zero attached hydrogens (tertiary/aromatic N) is 3. The molecular weight excluding hydrogens is 455 g/mol. The number of ether oxygens (including phenoxy) is 2. The minimum atomic E-state index is -0.593. The minimum absolute atomic E-state index is 0.0632. The van der Waals surface area contributed by atoms with Crippen LogP contribution in [-0.4, -0.2) is 57.9 Å². The Morgan fingerprint density at radius 2 is 2.06 bits per heavy atom. The number of carbonyl (C=O) groups excluding carboxylic acids is 1. The van der Waals surface area contributed by atoms with Crippen LogP contribution in [0.4, 0.5) is 10.2 Å². The van der Waals surface area contributed by atoms with E-state index in [0.29, 0.717) is 47.3 Å². The Morgan fingerprint density at radius 1 is 1.20 bits per heavy atom. The first kappa shape index (κ1) is 23.3. The lowest BCUT2D eigenvalue weighted by Crippen LogP contribution is -2.48. The third-order valence-electron chi connectivity index (χ3n) is 6.41. The molecule has 2 aromatic heterocycles. The molecule has 5 rings (SSSR count). The molecule has 35 heavy (non-hydrogen) atoms. The Bertz CT molecular complexity index is 1240. The molecule has 184 valence electrons. The monoisotopic (exact) mass is 482 g/mol. The van der Waals surface area contributed by atoms with Crippen LogP contribution in [0.2, 0.25) is 0 Å². The number of fused-ring (bicyclic) bond motifs is 2. The van der Waals surface area contributed by atoms with Crippen molar-refractivity contribution in [1.29, 1.82) is 0 Å². The van der Waals surface area contributed by atoms with Crippen molar-refractivity contribution in [3.63, 3.8) is 0 Å². The van der Waals surface area contributed by atoms with Crippen molar-refractivity contribution in [1.82, 2.24) is 25.6 Å². The van der Waals surface area contributed by atoms with Gasteiger partial charge in [0.05, 0.1) is 30.6 Å². The SMILES string of the molecule is COc1ccc2ccc(F)c(CN[C@@H]3CC[C@@H](NCc4cnc5c(n4)NC(=O)CO5)C[C@@H]3O)c2n1. The van der Waals surface area contributed by atoms with E-state index in [9.17, 15) is 14.3 Å². The van der Waals surface area contributed by atoms with E-state index in [1.807, 2.05) is 6.07 Å². The summed E-state index contributed by atoms with van der Waals surface area (Å²) in [4.78, 5) is 24.5. The molecule has 0 bridgehead atoms. The molecule has 0 saturated heterocycles. The molecule has 3 heterocycles. The van der Waals surface area contributed by atoms with Crippen molar-refractivity contribution in [3.05, 3.63) is 47.5 Å². The highest BCUT2D eigenvalue weighted by molar-refractivity contribution is 5.93. The van der Waals surface area contributed by atoms with Gasteiger partial charge >= 0.3 is 0 Å². The number of aliphatic hydroxyl groups is 1. The third kappa shape index (κ3) is 5.16. The number of nitrogens with one attached hydrogen (secondary N) is 3. The van der Waals surface area contributed by atoms with Gasteiger partial charge in [0.1, 0.15) is 5.82 Å². The van der Waals surface area contributed by atoms with Crippen LogP contribution in [0, 0.1) is 5.82 Å². The Kier molecular flexibility index (Phi) is 6.71. The molecular formula is C24H27FN6O4. The van der Waals surface area contributed by atoms with E-state index in [0.717, 1.165) is 18.2 Å². The maximum atomic E-state index is 14.6. The molecule has 1 aliphatic heterocycles. The van der Waals surface area contributed by atoms with E-state index in [4.69, 9.17) is 9.47 Å². The molecule has 3 aromatic rings. The molecule has 1 fully saturated rings. The molecule has 0 spiro atoms. The Labute approximate surface area is 201 Å². The van der Waals surface area contributed by atoms with E-state index in [2.05, 4.69) is 30.9 Å². The summed E-state index contributed by atoms with van der Waals surface area (Å²) in [6.45, 7) is 0.633. The van der Waals surface area contributed by atoms with Crippen molar-refractivity contribution < 1.29 is 23.8 Å². The molecule has 11 heteroatoms. The Morgan fingerprint density at radius 3 is 2.89 bits per heavy atom. The van der Waals surface area contributed by atoms with Crippen LogP contribution >= 0.6 is 0 Å². The van der Waals surface area contributed by atoms with Crippen molar-refractivity contribution in [2.24, 2.45) is 0 Å². The highest BCUT2D eigenvalue weighted by atomic mass is 19.1. The van der Waals surface area contributed by atoms with E-state index in [-0.39, 0.29) is 37.0 Å². The first-order valence-corrected chi connectivity index (χ1v) is 11.6. The summed E-state index contributed by atoms with van der Waals surface area (Å²) in [7, 11) is 1.53. The number of carbonyl (C=O) groups is 1. The number of hydrogen-bond acceptors (Lipinski definition) is 9. The van der Waals surface area contributed by atoms with Crippen LogP contribution in [0.1, 0.15) is 30.5 Å². The third-order valence-corrected chi connectivity index (χ3v) is 6.41. The zero-order valence-electron chi connectivity index (χ0n) is 19.3. The van der Waals surface area contributed by atoms with Crippen molar-refractivity contribution in [2.75, 3.05) is 19.0 Å². The fraction of sp³-hybridized carbons (Fsp3) is 0.417. The first-order chi connectivity index (χ1) is 17.0. The smallest absolute Gasteiger partial charge is 0.263 e. The lowest BCUT2D eigenvalue weighted by molar-refractivity contribution is -0.118. The quantitative estimate of drug-likeness (QED) is 0.397. The molecule has 0 radical (unpaired) electrons. The molecule has 0 unspecified atom stereocenters. The number of aliphatic hydroxyl groups excluding tert-OH is 1. The maximum absolute atomic E-state index is 14.6. The molecule has 3 atom stereocenters. The van der Waals surface area contributed by atoms with E-state index >= 15 is 0 Å². The van der Waals surface area contributed by atoms with E-state index in [1.165, 1.54) is 13.2 Å². The van der Waals surface area contributed by atoms with Gasteiger partial charge in [0.2, 0.25) is 5.88 Å². The van der Waals surface area contributed by atoms with Gasteiger partial charge in [-0.1, -0.05) is 0 Å². The number of rotatable bonds is 7. The lowest BCUT2D eigenvalue weighted by Gasteiger charge is -2.34. The molecule has 1 aromatic carbocycles. The van der Waals surface area contributed by atoms with Crippen molar-refractivity contribution in [3.8, 4) is 11.8 Å². The van der Waals surface area contributed by atoms with Gasteiger partial charge in [-0.2, -0.15) is 0 Å². The highest BCUT2D eigenvalue weighted by Gasteiger charge is 2.29. The minimum Gasteiger partial charge on any atom is -0.481 e. The van der Waals surface area contributed by atoms with E-state index < -0.39 is 6.10 Å². The van der Waals surface area contributed by atoms with Gasteiger partial charge in [0, 0.05) is 42.2 Å². The fourth-order valence-corrected chi connectivity index (χ4v) is 4.53. The number of halogens is 1. The van der Waals surface area contributed by atoms with Crippen LogP contribution < -0.4 is 25.4 Å². The number of hydrogen-bond donors (Lipinski definition) is 4. The predicted octanol–water partition coefficient (Wildman–Crippen LogP) is 1.66. The molecule has 10 nitrogen and oxygen atoms in total. The number of anilines is 1. The van der Waals surface area contributed by atoms with Gasteiger partial charge in [-0.25, -0.2) is 19.3 Å². The highest BCUT2D eigenvalue weighted by Crippen LogP contribution is 2.25. The summed E-state index contributed by atoms with van der Waals surface area (Å²) in [6, 6.07) is 6.65. The average molecular weight is 483 g/mol. The van der Waals surface area contributed by atoms with Gasteiger partial charge in [-0.05, 0) is 37.5 Å². The van der Waals surface area contributed by atoms with Crippen LogP contribution in [0.5, 0.6) is 11.8 Å². The van der Waals surface area contributed by atoms with Gasteiger partial charge in [-0.3, -0.25) is 4.79 Å². The lowest BCUT2D eigenvalue weighted by atomic mass is 9.88. The second kappa shape index (κ2) is 10.1. The van der Waals surface area contributed by atoms with Crippen molar-refractivity contribution in [2.45, 2.75) is 50.5 Å². The van der Waals surface area contributed by atoms with Crippen molar-refractivity contribution >= 4 is 22.6 Å². The maximum Gasteiger partial charge on any atom is 0.263 e.